The van der Waals surface area contributed by atoms with Crippen LogP contribution in [0.3, 0.4) is 0 Å². The molecule has 0 spiro atoms. The fraction of sp³-hybridized carbons (Fsp3) is 0.865. The summed E-state index contributed by atoms with van der Waals surface area (Å²) in [6.45, 7) is 4.31. The third-order valence-corrected chi connectivity index (χ3v) is 11.6. The Hall–Kier alpha value is -1.39. The van der Waals surface area contributed by atoms with Gasteiger partial charge >= 0.3 is 0 Å². The van der Waals surface area contributed by atoms with Gasteiger partial charge in [-0.25, -0.2) is 0 Å². The number of nitrogens with one attached hydrogen (secondary N) is 1. The molecule has 2 atom stereocenters. The van der Waals surface area contributed by atoms with Crippen LogP contribution in [0.15, 0.2) is 36.5 Å². The van der Waals surface area contributed by atoms with Gasteiger partial charge in [0.05, 0.1) is 18.8 Å². The van der Waals surface area contributed by atoms with Crippen LogP contribution < -0.4 is 5.32 Å². The molecule has 0 fully saturated rings. The van der Waals surface area contributed by atoms with Gasteiger partial charge < -0.3 is 15.5 Å². The first-order chi connectivity index (χ1) is 27.7. The zero-order chi connectivity index (χ0) is 40.7. The summed E-state index contributed by atoms with van der Waals surface area (Å²) in [5.41, 5.74) is 0. The van der Waals surface area contributed by atoms with E-state index in [0.29, 0.717) is 6.42 Å². The van der Waals surface area contributed by atoms with Gasteiger partial charge in [-0.1, -0.05) is 243 Å². The van der Waals surface area contributed by atoms with Crippen LogP contribution in [0.1, 0.15) is 271 Å². The van der Waals surface area contributed by atoms with Crippen molar-refractivity contribution in [3.63, 3.8) is 0 Å². The van der Waals surface area contributed by atoms with Crippen LogP contribution in [-0.4, -0.2) is 34.9 Å². The van der Waals surface area contributed by atoms with E-state index in [1.807, 2.05) is 6.08 Å². The maximum absolute atomic E-state index is 12.4. The van der Waals surface area contributed by atoms with Gasteiger partial charge in [0.1, 0.15) is 0 Å². The number of amides is 1. The summed E-state index contributed by atoms with van der Waals surface area (Å²) in [6, 6.07) is -0.641. The molecule has 1 amide bonds. The number of hydrogen-bond acceptors (Lipinski definition) is 3. The molecule has 4 nitrogen and oxygen atoms in total. The highest BCUT2D eigenvalue weighted by Gasteiger charge is 2.17. The number of carbonyl (C=O) groups is 1. The van der Waals surface area contributed by atoms with Crippen molar-refractivity contribution in [2.24, 2.45) is 0 Å². The van der Waals surface area contributed by atoms with Crippen LogP contribution in [-0.2, 0) is 4.79 Å². The van der Waals surface area contributed by atoms with E-state index in [2.05, 4.69) is 43.5 Å². The molecule has 2 unspecified atom stereocenters. The van der Waals surface area contributed by atoms with Crippen LogP contribution in [0.2, 0.25) is 0 Å². The Bertz CT molecular complexity index is 851. The van der Waals surface area contributed by atoms with Gasteiger partial charge in [-0.2, -0.15) is 0 Å². The SMILES string of the molecule is CCCCCCCCC/C=C\CCCCCCCCCC(=O)NC(CO)C(O)/C=C/CC/C=C/CCCCCCCCCCCCCCCCCCCCCC. The summed E-state index contributed by atoms with van der Waals surface area (Å²) in [7, 11) is 0. The van der Waals surface area contributed by atoms with Crippen LogP contribution in [0.5, 0.6) is 0 Å². The Labute approximate surface area is 351 Å². The lowest BCUT2D eigenvalue weighted by Crippen LogP contribution is -2.45. The summed E-state index contributed by atoms with van der Waals surface area (Å²) in [5, 5.41) is 23.1. The molecule has 0 aromatic carbocycles. The first-order valence-electron chi connectivity index (χ1n) is 25.2. The number of carbonyl (C=O) groups excluding carboxylic acids is 1. The number of hydrogen-bond donors (Lipinski definition) is 3. The van der Waals surface area contributed by atoms with Crippen molar-refractivity contribution >= 4 is 5.91 Å². The Morgan fingerprint density at radius 1 is 0.411 bits per heavy atom. The van der Waals surface area contributed by atoms with Gasteiger partial charge in [0, 0.05) is 6.42 Å². The zero-order valence-corrected chi connectivity index (χ0v) is 37.9. The van der Waals surface area contributed by atoms with Gasteiger partial charge in [-0.05, 0) is 57.8 Å². The topological polar surface area (TPSA) is 69.6 Å². The fourth-order valence-corrected chi connectivity index (χ4v) is 7.72. The summed E-state index contributed by atoms with van der Waals surface area (Å²) >= 11 is 0. The lowest BCUT2D eigenvalue weighted by molar-refractivity contribution is -0.123. The zero-order valence-electron chi connectivity index (χ0n) is 37.9. The summed E-state index contributed by atoms with van der Waals surface area (Å²) in [5.74, 6) is -0.0762. The molecule has 56 heavy (non-hydrogen) atoms. The molecule has 0 aliphatic rings. The molecular formula is C52H99NO3. The largest absolute Gasteiger partial charge is 0.394 e. The molecule has 3 N–H and O–H groups in total. The first-order valence-corrected chi connectivity index (χ1v) is 25.2. The lowest BCUT2D eigenvalue weighted by Gasteiger charge is -2.19. The molecule has 0 heterocycles. The summed E-state index contributed by atoms with van der Waals surface area (Å²) in [6.07, 6.45) is 64.3. The van der Waals surface area contributed by atoms with Crippen LogP contribution >= 0.6 is 0 Å². The molecule has 0 aliphatic carbocycles. The van der Waals surface area contributed by atoms with E-state index in [9.17, 15) is 15.0 Å². The molecule has 0 bridgehead atoms. The van der Waals surface area contributed by atoms with Crippen molar-refractivity contribution in [3.05, 3.63) is 36.5 Å². The molecule has 0 aromatic heterocycles. The predicted octanol–water partition coefficient (Wildman–Crippen LogP) is 16.1. The highest BCUT2D eigenvalue weighted by Crippen LogP contribution is 2.16. The van der Waals surface area contributed by atoms with E-state index in [4.69, 9.17) is 0 Å². The number of aliphatic hydroxyl groups is 2. The van der Waals surface area contributed by atoms with E-state index >= 15 is 0 Å². The molecular weight excluding hydrogens is 687 g/mol. The molecule has 0 saturated carbocycles. The van der Waals surface area contributed by atoms with E-state index in [1.54, 1.807) is 6.08 Å². The number of aliphatic hydroxyl groups excluding tert-OH is 2. The lowest BCUT2D eigenvalue weighted by atomic mass is 10.0. The second kappa shape index (κ2) is 48.0. The Balaban J connectivity index is 3.55. The van der Waals surface area contributed by atoms with Gasteiger partial charge in [0.25, 0.3) is 0 Å². The standard InChI is InChI=1S/C52H99NO3/c1-3-5-7-9-11-13-15-17-19-21-23-24-25-26-27-28-29-30-31-33-35-37-39-41-43-45-47-51(55)50(49-54)53-52(56)48-46-44-42-40-38-36-34-32-22-20-18-16-14-12-10-8-6-4-2/h20,22,37,39,45,47,50-51,54-55H,3-19,21,23-36,38,40-44,46,48-49H2,1-2H3,(H,53,56)/b22-20-,39-37+,47-45+. The monoisotopic (exact) mass is 786 g/mol. The molecule has 4 heteroatoms. The van der Waals surface area contributed by atoms with Gasteiger partial charge in [0.15, 0.2) is 0 Å². The van der Waals surface area contributed by atoms with Gasteiger partial charge in [0.2, 0.25) is 5.91 Å². The Morgan fingerprint density at radius 2 is 0.696 bits per heavy atom. The van der Waals surface area contributed by atoms with Crippen LogP contribution in [0.4, 0.5) is 0 Å². The van der Waals surface area contributed by atoms with Crippen molar-refractivity contribution in [1.82, 2.24) is 5.32 Å². The second-order valence-electron chi connectivity index (χ2n) is 17.2. The molecule has 0 radical (unpaired) electrons. The highest BCUT2D eigenvalue weighted by molar-refractivity contribution is 5.76. The van der Waals surface area contributed by atoms with E-state index in [1.165, 1.54) is 218 Å². The number of unbranched alkanes of at least 4 members (excludes halogenated alkanes) is 35. The smallest absolute Gasteiger partial charge is 0.220 e. The average molecular weight is 786 g/mol. The third kappa shape index (κ3) is 43.7. The number of allylic oxidation sites excluding steroid dienone is 5. The average Bonchev–Trinajstić information content (AvgIpc) is 3.20. The Morgan fingerprint density at radius 3 is 1.04 bits per heavy atom. The summed E-state index contributed by atoms with van der Waals surface area (Å²) < 4.78 is 0. The van der Waals surface area contributed by atoms with Crippen molar-refractivity contribution < 1.29 is 15.0 Å². The second-order valence-corrected chi connectivity index (χ2v) is 17.2. The molecule has 0 saturated heterocycles. The van der Waals surface area contributed by atoms with E-state index < -0.39 is 12.1 Å². The minimum atomic E-state index is -0.863. The maximum atomic E-state index is 12.4. The Kier molecular flexibility index (Phi) is 46.8. The fourth-order valence-electron chi connectivity index (χ4n) is 7.72. The quantitative estimate of drug-likeness (QED) is 0.0425. The van der Waals surface area contributed by atoms with Crippen molar-refractivity contribution in [1.29, 1.82) is 0 Å². The van der Waals surface area contributed by atoms with Crippen LogP contribution in [0, 0.1) is 0 Å². The number of rotatable bonds is 46. The maximum Gasteiger partial charge on any atom is 0.220 e. The van der Waals surface area contributed by atoms with E-state index in [0.717, 1.165) is 32.1 Å². The highest BCUT2D eigenvalue weighted by atomic mass is 16.3. The van der Waals surface area contributed by atoms with Crippen LogP contribution in [0.25, 0.3) is 0 Å². The minimum Gasteiger partial charge on any atom is -0.394 e. The molecule has 0 aliphatic heterocycles. The van der Waals surface area contributed by atoms with Crippen molar-refractivity contribution in [2.75, 3.05) is 6.61 Å². The third-order valence-electron chi connectivity index (χ3n) is 11.6. The molecule has 0 aromatic rings. The van der Waals surface area contributed by atoms with Crippen molar-refractivity contribution in [3.8, 4) is 0 Å². The predicted molar refractivity (Wildman–Crippen MR) is 248 cm³/mol. The normalized spacial score (nSPS) is 13.1. The molecule has 330 valence electrons. The molecule has 0 rings (SSSR count). The van der Waals surface area contributed by atoms with Gasteiger partial charge in [-0.15, -0.1) is 0 Å². The van der Waals surface area contributed by atoms with E-state index in [-0.39, 0.29) is 12.5 Å². The minimum absolute atomic E-state index is 0.0762. The van der Waals surface area contributed by atoms with Crippen molar-refractivity contribution in [2.45, 2.75) is 283 Å². The van der Waals surface area contributed by atoms with Gasteiger partial charge in [-0.3, -0.25) is 4.79 Å². The summed E-state index contributed by atoms with van der Waals surface area (Å²) in [4.78, 5) is 12.4. The first kappa shape index (κ1) is 54.6.